The van der Waals surface area contributed by atoms with Gasteiger partial charge in [0.1, 0.15) is 21.4 Å². The molecular formula is C14H12ClN5O7S2. The Kier molecular flexibility index (Phi) is 5.95. The fraction of sp³-hybridized carbons (Fsp3) is 0.286. The second-order valence-corrected chi connectivity index (χ2v) is 8.38. The maximum Gasteiger partial charge on any atom is 0.344 e. The number of carbonyl (C=O) groups is 4. The number of rotatable bonds is 7. The number of thioether (sulfide) groups is 1. The molecule has 0 aliphatic carbocycles. The molecule has 2 atom stereocenters. The summed E-state index contributed by atoms with van der Waals surface area (Å²) in [4.78, 5) is 56.3. The molecule has 15 heteroatoms. The molecule has 0 spiro atoms. The third-order valence-electron chi connectivity index (χ3n) is 3.73. The normalized spacial score (nSPS) is 21.0. The van der Waals surface area contributed by atoms with Gasteiger partial charge in [-0.3, -0.25) is 9.59 Å². The van der Waals surface area contributed by atoms with Gasteiger partial charge in [-0.1, -0.05) is 28.1 Å². The van der Waals surface area contributed by atoms with Crippen LogP contribution in [-0.4, -0.2) is 73.3 Å². The van der Waals surface area contributed by atoms with Gasteiger partial charge in [0.15, 0.2) is 10.8 Å². The molecule has 29 heavy (non-hydrogen) atoms. The molecule has 0 radical (unpaired) electrons. The fourth-order valence-corrected chi connectivity index (χ4v) is 4.63. The number of aliphatic carboxylic acids is 2. The van der Waals surface area contributed by atoms with Crippen LogP contribution in [0, 0.1) is 0 Å². The van der Waals surface area contributed by atoms with Crippen molar-refractivity contribution in [2.75, 3.05) is 18.1 Å². The number of carboxylic acid groups (broad SMARTS) is 2. The highest BCUT2D eigenvalue weighted by molar-refractivity contribution is 8.00. The van der Waals surface area contributed by atoms with Crippen molar-refractivity contribution in [3.63, 3.8) is 0 Å². The zero-order valence-electron chi connectivity index (χ0n) is 14.2. The Morgan fingerprint density at radius 3 is 2.76 bits per heavy atom. The number of carbonyl (C=O) groups excluding carboxylic acids is 2. The van der Waals surface area contributed by atoms with Crippen molar-refractivity contribution in [1.82, 2.24) is 15.2 Å². The van der Waals surface area contributed by atoms with E-state index in [2.05, 4.69) is 20.3 Å². The predicted octanol–water partition coefficient (Wildman–Crippen LogP) is -0.448. The van der Waals surface area contributed by atoms with Crippen molar-refractivity contribution in [2.45, 2.75) is 11.4 Å². The molecule has 12 nitrogen and oxygen atoms in total. The van der Waals surface area contributed by atoms with Gasteiger partial charge in [-0.25, -0.2) is 14.6 Å². The van der Waals surface area contributed by atoms with E-state index in [1.165, 1.54) is 22.9 Å². The van der Waals surface area contributed by atoms with E-state index < -0.39 is 47.5 Å². The van der Waals surface area contributed by atoms with Crippen LogP contribution in [0.15, 0.2) is 16.9 Å². The Balaban J connectivity index is 1.77. The molecule has 0 aromatic carbocycles. The first-order valence-corrected chi connectivity index (χ1v) is 9.96. The Morgan fingerprint density at radius 1 is 1.45 bits per heavy atom. The molecule has 2 amide bonds. The van der Waals surface area contributed by atoms with Gasteiger partial charge in [-0.15, -0.1) is 11.8 Å². The smallest absolute Gasteiger partial charge is 0.344 e. The molecule has 1 aromatic heterocycles. The molecule has 3 heterocycles. The van der Waals surface area contributed by atoms with Crippen LogP contribution in [0.1, 0.15) is 5.69 Å². The summed E-state index contributed by atoms with van der Waals surface area (Å²) in [6.45, 7) is -0.814. The summed E-state index contributed by atoms with van der Waals surface area (Å²) in [5.41, 5.74) is 5.06. The number of aromatic nitrogens is 1. The lowest BCUT2D eigenvalue weighted by atomic mass is 10.1. The fourth-order valence-electron chi connectivity index (χ4n) is 2.45. The number of nitrogen functional groups attached to an aromatic ring is 1. The van der Waals surface area contributed by atoms with E-state index in [1.807, 2.05) is 0 Å². The second-order valence-electron chi connectivity index (χ2n) is 5.64. The lowest BCUT2D eigenvalue weighted by Gasteiger charge is -2.46. The van der Waals surface area contributed by atoms with E-state index in [1.54, 1.807) is 0 Å². The topological polar surface area (TPSA) is 185 Å². The van der Waals surface area contributed by atoms with Gasteiger partial charge < -0.3 is 31.0 Å². The molecule has 3 rings (SSSR count). The molecule has 0 bridgehead atoms. The van der Waals surface area contributed by atoms with Gasteiger partial charge in [0.05, 0.1) is 5.57 Å². The zero-order valence-corrected chi connectivity index (χ0v) is 16.6. The molecule has 2 aliphatic heterocycles. The standard InChI is InChI=1S/C14H12ClN5O7S2/c15-9-6(18-14(16)29-9)7(19-27-2-5(21)22)10(23)17-8-11(24)20-1-4(13(25)26)3-28-12(8)20/h1,8,12H,2-3H2,(H2,16,18)(H,17,23)(H,21,22)(H,25,26)/t8?,12-/m1/s1. The second kappa shape index (κ2) is 8.26. The lowest BCUT2D eigenvalue weighted by molar-refractivity contribution is -0.144. The molecule has 2 aliphatic rings. The van der Waals surface area contributed by atoms with Crippen molar-refractivity contribution in [2.24, 2.45) is 5.16 Å². The van der Waals surface area contributed by atoms with E-state index >= 15 is 0 Å². The third-order valence-corrected chi connectivity index (χ3v) is 6.13. The largest absolute Gasteiger partial charge is 0.479 e. The highest BCUT2D eigenvalue weighted by Crippen LogP contribution is 2.36. The van der Waals surface area contributed by atoms with Crippen molar-refractivity contribution < 1.29 is 34.2 Å². The zero-order chi connectivity index (χ0) is 21.3. The summed E-state index contributed by atoms with van der Waals surface area (Å²) in [5, 5.41) is 23.2. The summed E-state index contributed by atoms with van der Waals surface area (Å²) < 4.78 is 0.0259. The maximum absolute atomic E-state index is 12.7. The first kappa shape index (κ1) is 20.9. The molecule has 1 saturated heterocycles. The van der Waals surface area contributed by atoms with Gasteiger partial charge in [-0.05, 0) is 0 Å². The summed E-state index contributed by atoms with van der Waals surface area (Å²) in [6.07, 6.45) is 1.23. The highest BCUT2D eigenvalue weighted by atomic mass is 35.5. The number of carboxylic acids is 2. The summed E-state index contributed by atoms with van der Waals surface area (Å²) >= 11 is 8.04. The number of hydrogen-bond acceptors (Lipinski definition) is 10. The molecule has 1 fully saturated rings. The number of halogens is 1. The number of nitrogens with zero attached hydrogens (tertiary/aromatic N) is 3. The molecule has 0 saturated carbocycles. The minimum atomic E-state index is -1.32. The first-order valence-electron chi connectivity index (χ1n) is 7.71. The number of hydrogen-bond donors (Lipinski definition) is 4. The SMILES string of the molecule is Nc1nc(C(=NOCC(=O)O)C(=O)NC2C(=O)N3C=C(C(=O)O)CS[C@H]23)c(Cl)s1. The van der Waals surface area contributed by atoms with Crippen LogP contribution < -0.4 is 11.1 Å². The Hall–Kier alpha value is -2.84. The third kappa shape index (κ3) is 4.28. The van der Waals surface area contributed by atoms with Gasteiger partial charge in [0, 0.05) is 12.0 Å². The Morgan fingerprint density at radius 2 is 2.17 bits per heavy atom. The van der Waals surface area contributed by atoms with Crippen molar-refractivity contribution in [3.05, 3.63) is 21.8 Å². The Bertz CT molecular complexity index is 962. The lowest BCUT2D eigenvalue weighted by Crippen LogP contribution is -2.69. The summed E-state index contributed by atoms with van der Waals surface area (Å²) in [5.74, 6) is -3.68. The monoisotopic (exact) mass is 461 g/mol. The summed E-state index contributed by atoms with van der Waals surface area (Å²) in [7, 11) is 0. The number of amides is 2. The minimum absolute atomic E-state index is 0.0259. The molecule has 1 unspecified atom stereocenters. The van der Waals surface area contributed by atoms with Gasteiger partial charge in [-0.2, -0.15) is 0 Å². The van der Waals surface area contributed by atoms with Crippen LogP contribution in [0.2, 0.25) is 4.34 Å². The Labute approximate surface area is 175 Å². The number of fused-ring (bicyclic) bond motifs is 1. The summed E-state index contributed by atoms with van der Waals surface area (Å²) in [6, 6.07) is -0.946. The average Bonchev–Trinajstić information content (AvgIpc) is 2.99. The predicted molar refractivity (Wildman–Crippen MR) is 102 cm³/mol. The molecular weight excluding hydrogens is 450 g/mol. The van der Waals surface area contributed by atoms with E-state index in [0.29, 0.717) is 0 Å². The van der Waals surface area contributed by atoms with Crippen LogP contribution in [0.5, 0.6) is 0 Å². The molecule has 154 valence electrons. The molecule has 1 aromatic rings. The van der Waals surface area contributed by atoms with Crippen LogP contribution in [-0.2, 0) is 24.0 Å². The number of nitrogens with two attached hydrogens (primary N) is 1. The average molecular weight is 462 g/mol. The van der Waals surface area contributed by atoms with Gasteiger partial charge >= 0.3 is 11.9 Å². The van der Waals surface area contributed by atoms with Gasteiger partial charge in [0.25, 0.3) is 11.8 Å². The number of β-lactam (4-membered cyclic amide) rings is 1. The number of thiazole rings is 1. The number of oxime groups is 1. The van der Waals surface area contributed by atoms with Crippen LogP contribution in [0.25, 0.3) is 0 Å². The van der Waals surface area contributed by atoms with Crippen molar-refractivity contribution in [3.8, 4) is 0 Å². The van der Waals surface area contributed by atoms with E-state index in [-0.39, 0.29) is 26.5 Å². The van der Waals surface area contributed by atoms with Crippen molar-refractivity contribution in [1.29, 1.82) is 0 Å². The van der Waals surface area contributed by atoms with Crippen molar-refractivity contribution >= 4 is 69.3 Å². The minimum Gasteiger partial charge on any atom is -0.479 e. The van der Waals surface area contributed by atoms with E-state index in [4.69, 9.17) is 27.5 Å². The van der Waals surface area contributed by atoms with Crippen LogP contribution >= 0.6 is 34.7 Å². The van der Waals surface area contributed by atoms with E-state index in [0.717, 1.165) is 11.3 Å². The molecule has 5 N–H and O–H groups in total. The number of nitrogens with one attached hydrogen (secondary N) is 1. The quantitative estimate of drug-likeness (QED) is 0.235. The highest BCUT2D eigenvalue weighted by Gasteiger charge is 2.50. The van der Waals surface area contributed by atoms with Crippen LogP contribution in [0.3, 0.4) is 0 Å². The maximum atomic E-state index is 12.7. The number of anilines is 1. The van der Waals surface area contributed by atoms with E-state index in [9.17, 15) is 19.2 Å². The van der Waals surface area contributed by atoms with Crippen LogP contribution in [0.4, 0.5) is 5.13 Å². The first-order chi connectivity index (χ1) is 13.7. The van der Waals surface area contributed by atoms with Gasteiger partial charge in [0.2, 0.25) is 6.61 Å².